The number of hydrogen-bond acceptors (Lipinski definition) is 3. The Kier molecular flexibility index (Phi) is 4.28. The zero-order chi connectivity index (χ0) is 14.7. The van der Waals surface area contributed by atoms with E-state index in [-0.39, 0.29) is 12.1 Å². The van der Waals surface area contributed by atoms with Crippen molar-refractivity contribution >= 4 is 6.03 Å². The summed E-state index contributed by atoms with van der Waals surface area (Å²) in [6.07, 6.45) is 0.850. The summed E-state index contributed by atoms with van der Waals surface area (Å²) in [5.41, 5.74) is 1.34. The van der Waals surface area contributed by atoms with Crippen LogP contribution in [-0.4, -0.2) is 33.3 Å². The van der Waals surface area contributed by atoms with Gasteiger partial charge in [0.1, 0.15) is 6.07 Å². The number of rotatable bonds is 2. The maximum absolute atomic E-state index is 12.3. The number of hydrogen-bond donors (Lipinski definition) is 1. The molecule has 0 aromatic carbocycles. The Morgan fingerprint density at radius 3 is 2.85 bits per heavy atom. The maximum Gasteiger partial charge on any atom is 0.317 e. The van der Waals surface area contributed by atoms with E-state index in [0.717, 1.165) is 18.7 Å². The fraction of sp³-hybridized carbons (Fsp3) is 0.643. The summed E-state index contributed by atoms with van der Waals surface area (Å²) in [4.78, 5) is 14.1. The minimum Gasteiger partial charge on any atom is -0.335 e. The Morgan fingerprint density at radius 1 is 1.45 bits per heavy atom. The number of nitriles is 1. The number of carbonyl (C=O) groups is 1. The Bertz CT molecular complexity index is 528. The number of aryl methyl sites for hydroxylation is 1. The van der Waals surface area contributed by atoms with Crippen LogP contribution >= 0.6 is 0 Å². The molecule has 0 bridgehead atoms. The highest BCUT2D eigenvalue weighted by molar-refractivity contribution is 5.74. The van der Waals surface area contributed by atoms with E-state index in [1.54, 1.807) is 11.0 Å². The van der Waals surface area contributed by atoms with Crippen LogP contribution in [0.25, 0.3) is 0 Å². The van der Waals surface area contributed by atoms with Crippen molar-refractivity contribution in [3.05, 3.63) is 17.5 Å². The van der Waals surface area contributed by atoms with Crippen molar-refractivity contribution in [2.75, 3.05) is 6.54 Å². The van der Waals surface area contributed by atoms with Crippen LogP contribution in [-0.2, 0) is 13.1 Å². The van der Waals surface area contributed by atoms with Crippen LogP contribution in [0.4, 0.5) is 4.79 Å². The number of urea groups is 1. The highest BCUT2D eigenvalue weighted by Gasteiger charge is 2.22. The zero-order valence-corrected chi connectivity index (χ0v) is 12.3. The van der Waals surface area contributed by atoms with Gasteiger partial charge in [0, 0.05) is 19.1 Å². The Balaban J connectivity index is 2.07. The second-order valence-electron chi connectivity index (χ2n) is 5.61. The molecule has 1 N–H and O–H groups in total. The molecule has 2 amide bonds. The predicted octanol–water partition coefficient (Wildman–Crippen LogP) is 1.71. The monoisotopic (exact) mass is 275 g/mol. The molecule has 0 aliphatic carbocycles. The molecule has 108 valence electrons. The fourth-order valence-corrected chi connectivity index (χ4v) is 2.14. The molecule has 2 heterocycles. The predicted molar refractivity (Wildman–Crippen MR) is 74.8 cm³/mol. The highest BCUT2D eigenvalue weighted by Crippen LogP contribution is 2.14. The van der Waals surface area contributed by atoms with Crippen molar-refractivity contribution < 1.29 is 4.79 Å². The van der Waals surface area contributed by atoms with E-state index in [0.29, 0.717) is 24.7 Å². The van der Waals surface area contributed by atoms with E-state index in [1.165, 1.54) is 0 Å². The molecule has 1 aliphatic rings. The van der Waals surface area contributed by atoms with Gasteiger partial charge >= 0.3 is 6.03 Å². The van der Waals surface area contributed by atoms with E-state index in [2.05, 4.69) is 24.3 Å². The highest BCUT2D eigenvalue weighted by atomic mass is 16.2. The van der Waals surface area contributed by atoms with Crippen LogP contribution in [0.3, 0.4) is 0 Å². The number of carbonyl (C=O) groups excluding carboxylic acids is 1. The van der Waals surface area contributed by atoms with E-state index in [1.807, 2.05) is 17.7 Å². The van der Waals surface area contributed by atoms with E-state index >= 15 is 0 Å². The second-order valence-corrected chi connectivity index (χ2v) is 5.61. The van der Waals surface area contributed by atoms with Gasteiger partial charge in [0.25, 0.3) is 0 Å². The summed E-state index contributed by atoms with van der Waals surface area (Å²) in [6, 6.07) is 3.91. The van der Waals surface area contributed by atoms with Gasteiger partial charge in [-0.1, -0.05) is 13.8 Å². The normalized spacial score (nSPS) is 16.2. The van der Waals surface area contributed by atoms with E-state index < -0.39 is 0 Å². The molecule has 1 aromatic heterocycles. The molecule has 20 heavy (non-hydrogen) atoms. The first-order chi connectivity index (χ1) is 9.51. The van der Waals surface area contributed by atoms with E-state index in [4.69, 9.17) is 5.26 Å². The Morgan fingerprint density at radius 2 is 2.20 bits per heavy atom. The molecule has 1 atom stereocenters. The maximum atomic E-state index is 12.3. The summed E-state index contributed by atoms with van der Waals surface area (Å²) in [5.74, 6) is 0.404. The lowest BCUT2D eigenvalue weighted by Gasteiger charge is -2.25. The third kappa shape index (κ3) is 3.10. The minimum absolute atomic E-state index is 0.0423. The SMILES string of the molecule is CC(C)[C@H](C)NC(=O)N1CCCn2nc(C#N)cc2C1. The average Bonchev–Trinajstić information content (AvgIpc) is 2.69. The zero-order valence-electron chi connectivity index (χ0n) is 12.3. The minimum atomic E-state index is -0.0423. The quantitative estimate of drug-likeness (QED) is 0.893. The molecule has 6 heteroatoms. The van der Waals surface area contributed by atoms with Gasteiger partial charge in [0.05, 0.1) is 12.2 Å². The van der Waals surface area contributed by atoms with Crippen molar-refractivity contribution in [3.8, 4) is 6.07 Å². The van der Waals surface area contributed by atoms with Crippen LogP contribution in [0, 0.1) is 17.2 Å². The molecule has 2 rings (SSSR count). The van der Waals surface area contributed by atoms with Gasteiger partial charge < -0.3 is 10.2 Å². The van der Waals surface area contributed by atoms with Crippen LogP contribution in [0.1, 0.15) is 38.6 Å². The van der Waals surface area contributed by atoms with Gasteiger partial charge in [-0.2, -0.15) is 10.4 Å². The number of nitrogens with zero attached hydrogens (tertiary/aromatic N) is 4. The lowest BCUT2D eigenvalue weighted by Crippen LogP contribution is -2.45. The van der Waals surface area contributed by atoms with Gasteiger partial charge in [-0.15, -0.1) is 0 Å². The molecule has 0 spiro atoms. The molecule has 1 aliphatic heterocycles. The summed E-state index contributed by atoms with van der Waals surface area (Å²) in [6.45, 7) is 8.15. The molecular formula is C14H21N5O. The molecule has 0 saturated heterocycles. The Labute approximate surface area is 119 Å². The molecule has 6 nitrogen and oxygen atoms in total. The number of aromatic nitrogens is 2. The van der Waals surface area contributed by atoms with Crippen molar-refractivity contribution in [2.45, 2.75) is 46.3 Å². The first kappa shape index (κ1) is 14.4. The van der Waals surface area contributed by atoms with Crippen LogP contribution in [0.2, 0.25) is 0 Å². The fourth-order valence-electron chi connectivity index (χ4n) is 2.14. The number of amides is 2. The second kappa shape index (κ2) is 5.95. The third-order valence-corrected chi connectivity index (χ3v) is 3.77. The molecule has 0 saturated carbocycles. The average molecular weight is 275 g/mol. The van der Waals surface area contributed by atoms with Crippen LogP contribution < -0.4 is 5.32 Å². The first-order valence-corrected chi connectivity index (χ1v) is 7.03. The molecule has 1 aromatic rings. The molecular weight excluding hydrogens is 254 g/mol. The number of nitrogens with one attached hydrogen (secondary N) is 1. The standard InChI is InChI=1S/C14H21N5O/c1-10(2)11(3)16-14(20)18-5-4-6-19-13(9-18)7-12(8-15)17-19/h7,10-11H,4-6,9H2,1-3H3,(H,16,20)/t11-/m0/s1. The lowest BCUT2D eigenvalue weighted by atomic mass is 10.1. The van der Waals surface area contributed by atoms with Gasteiger partial charge in [-0.25, -0.2) is 4.79 Å². The van der Waals surface area contributed by atoms with Gasteiger partial charge in [0.15, 0.2) is 5.69 Å². The number of fused-ring (bicyclic) bond motifs is 1. The van der Waals surface area contributed by atoms with Gasteiger partial charge in [0.2, 0.25) is 0 Å². The lowest BCUT2D eigenvalue weighted by molar-refractivity contribution is 0.189. The van der Waals surface area contributed by atoms with Crippen molar-refractivity contribution in [3.63, 3.8) is 0 Å². The molecule has 0 radical (unpaired) electrons. The Hall–Kier alpha value is -2.03. The topological polar surface area (TPSA) is 74.0 Å². The largest absolute Gasteiger partial charge is 0.335 e. The summed E-state index contributed by atoms with van der Waals surface area (Å²) < 4.78 is 1.83. The van der Waals surface area contributed by atoms with Crippen LogP contribution in [0.15, 0.2) is 6.07 Å². The van der Waals surface area contributed by atoms with Crippen molar-refractivity contribution in [1.29, 1.82) is 5.26 Å². The third-order valence-electron chi connectivity index (χ3n) is 3.77. The summed E-state index contributed by atoms with van der Waals surface area (Å²) >= 11 is 0. The summed E-state index contributed by atoms with van der Waals surface area (Å²) in [7, 11) is 0. The van der Waals surface area contributed by atoms with E-state index in [9.17, 15) is 4.79 Å². The van der Waals surface area contributed by atoms with Gasteiger partial charge in [-0.3, -0.25) is 4.68 Å². The molecule has 0 fully saturated rings. The molecule has 0 unspecified atom stereocenters. The summed E-state index contributed by atoms with van der Waals surface area (Å²) in [5, 5.41) is 16.1. The first-order valence-electron chi connectivity index (χ1n) is 7.03. The van der Waals surface area contributed by atoms with Crippen LogP contribution in [0.5, 0.6) is 0 Å². The van der Waals surface area contributed by atoms with Crippen molar-refractivity contribution in [2.24, 2.45) is 5.92 Å². The smallest absolute Gasteiger partial charge is 0.317 e. The van der Waals surface area contributed by atoms with Crippen molar-refractivity contribution in [1.82, 2.24) is 20.0 Å². The van der Waals surface area contributed by atoms with Gasteiger partial charge in [-0.05, 0) is 25.3 Å².